The van der Waals surface area contributed by atoms with Crippen LogP contribution in [-0.4, -0.2) is 20.0 Å². The Hall–Kier alpha value is -1.94. The van der Waals surface area contributed by atoms with Gasteiger partial charge in [-0.15, -0.1) is 10.2 Å². The zero-order valence-corrected chi connectivity index (χ0v) is 12.4. The van der Waals surface area contributed by atoms with E-state index in [0.29, 0.717) is 10.7 Å². The first-order valence-corrected chi connectivity index (χ1v) is 6.93. The van der Waals surface area contributed by atoms with Crippen LogP contribution in [0.2, 0.25) is 5.02 Å². The van der Waals surface area contributed by atoms with E-state index in [1.54, 1.807) is 0 Å². The van der Waals surface area contributed by atoms with E-state index in [1.807, 2.05) is 41.9 Å². The topological polar surface area (TPSA) is 43.6 Å². The quantitative estimate of drug-likeness (QED) is 0.714. The van der Waals surface area contributed by atoms with Crippen LogP contribution in [0.3, 0.4) is 0 Å². The van der Waals surface area contributed by atoms with Crippen LogP contribution in [0, 0.1) is 6.92 Å². The second kappa shape index (κ2) is 4.87. The Morgan fingerprint density at radius 1 is 1.10 bits per heavy atom. The summed E-state index contributed by atoms with van der Waals surface area (Å²) in [6.07, 6.45) is 0. The molecular weight excluding hydrogens is 272 g/mol. The molecule has 0 spiro atoms. The molecule has 0 bridgehead atoms. The molecule has 0 amide bonds. The van der Waals surface area contributed by atoms with E-state index < -0.39 is 0 Å². The van der Waals surface area contributed by atoms with Crippen molar-refractivity contribution in [3.05, 3.63) is 41.0 Å². The number of halogens is 1. The van der Waals surface area contributed by atoms with Gasteiger partial charge in [0, 0.05) is 11.6 Å². The molecule has 102 valence electrons. The van der Waals surface area contributed by atoms with Gasteiger partial charge >= 0.3 is 0 Å². The fourth-order valence-corrected chi connectivity index (χ4v) is 2.66. The van der Waals surface area contributed by atoms with Crippen LogP contribution in [0.4, 0.5) is 0 Å². The smallest absolute Gasteiger partial charge is 0.182 e. The first-order valence-electron chi connectivity index (χ1n) is 6.56. The van der Waals surface area contributed by atoms with Crippen LogP contribution < -0.4 is 0 Å². The van der Waals surface area contributed by atoms with Crippen LogP contribution in [0.25, 0.3) is 22.3 Å². The van der Waals surface area contributed by atoms with E-state index in [4.69, 9.17) is 11.6 Å². The average Bonchev–Trinajstić information content (AvgIpc) is 2.78. The third kappa shape index (κ3) is 1.96. The predicted molar refractivity (Wildman–Crippen MR) is 80.9 cm³/mol. The highest BCUT2D eigenvalue weighted by molar-refractivity contribution is 6.37. The van der Waals surface area contributed by atoms with Gasteiger partial charge in [-0.2, -0.15) is 5.10 Å². The maximum atomic E-state index is 6.54. The zero-order chi connectivity index (χ0) is 14.3. The summed E-state index contributed by atoms with van der Waals surface area (Å²) in [5, 5.41) is 14.6. The molecule has 2 heterocycles. The van der Waals surface area contributed by atoms with Gasteiger partial charge in [-0.05, 0) is 20.8 Å². The summed E-state index contributed by atoms with van der Waals surface area (Å²) >= 11 is 6.54. The molecule has 0 N–H and O–H groups in total. The van der Waals surface area contributed by atoms with Gasteiger partial charge in [0.2, 0.25) is 0 Å². The number of hydrogen-bond acceptors (Lipinski definition) is 3. The molecule has 3 rings (SSSR count). The van der Waals surface area contributed by atoms with Crippen molar-refractivity contribution in [1.82, 2.24) is 20.0 Å². The molecule has 5 heteroatoms. The highest BCUT2D eigenvalue weighted by Crippen LogP contribution is 2.33. The average molecular weight is 287 g/mol. The van der Waals surface area contributed by atoms with Gasteiger partial charge in [-0.25, -0.2) is 4.68 Å². The van der Waals surface area contributed by atoms with Crippen LogP contribution in [0.1, 0.15) is 25.6 Å². The van der Waals surface area contributed by atoms with Crippen LogP contribution in [0.15, 0.2) is 30.3 Å². The van der Waals surface area contributed by atoms with Crippen LogP contribution >= 0.6 is 11.6 Å². The summed E-state index contributed by atoms with van der Waals surface area (Å²) in [6, 6.07) is 10.1. The number of benzene rings is 1. The summed E-state index contributed by atoms with van der Waals surface area (Å²) in [5.74, 6) is 0. The first kappa shape index (κ1) is 13.1. The van der Waals surface area contributed by atoms with E-state index in [-0.39, 0.29) is 6.04 Å². The number of aromatic nitrogens is 4. The zero-order valence-electron chi connectivity index (χ0n) is 11.6. The Labute approximate surface area is 122 Å². The number of aryl methyl sites for hydroxylation is 1. The highest BCUT2D eigenvalue weighted by atomic mass is 35.5. The van der Waals surface area contributed by atoms with Crippen molar-refractivity contribution >= 4 is 22.6 Å². The lowest BCUT2D eigenvalue weighted by molar-refractivity contribution is 0.541. The molecule has 0 aliphatic heterocycles. The number of fused-ring (bicyclic) bond motifs is 1. The molecular formula is C15H15ClN4. The third-order valence-electron chi connectivity index (χ3n) is 3.27. The largest absolute Gasteiger partial charge is 0.243 e. The summed E-state index contributed by atoms with van der Waals surface area (Å²) in [6.45, 7) is 6.07. The lowest BCUT2D eigenvalue weighted by atomic mass is 10.1. The lowest BCUT2D eigenvalue weighted by Gasteiger charge is -2.07. The Balaban J connectivity index is 2.29. The Kier molecular flexibility index (Phi) is 3.18. The number of rotatable bonds is 2. The molecule has 1 aromatic carbocycles. The first-order chi connectivity index (χ1) is 9.59. The van der Waals surface area contributed by atoms with E-state index in [9.17, 15) is 0 Å². The molecule has 0 saturated carbocycles. The SMILES string of the molecule is Cc1nn(C(C)C)c2nnc(-c3ccccc3)c(Cl)c12. The van der Waals surface area contributed by atoms with E-state index in [0.717, 1.165) is 22.3 Å². The lowest BCUT2D eigenvalue weighted by Crippen LogP contribution is -2.04. The van der Waals surface area contributed by atoms with Crippen molar-refractivity contribution in [2.45, 2.75) is 26.8 Å². The highest BCUT2D eigenvalue weighted by Gasteiger charge is 2.18. The molecule has 4 nitrogen and oxygen atoms in total. The Morgan fingerprint density at radius 3 is 2.45 bits per heavy atom. The Bertz CT molecular complexity index is 762. The minimum Gasteiger partial charge on any atom is -0.243 e. The maximum absolute atomic E-state index is 6.54. The van der Waals surface area contributed by atoms with Gasteiger partial charge in [0.15, 0.2) is 5.65 Å². The molecule has 0 aliphatic carbocycles. The van der Waals surface area contributed by atoms with Crippen molar-refractivity contribution < 1.29 is 0 Å². The van der Waals surface area contributed by atoms with Crippen molar-refractivity contribution in [1.29, 1.82) is 0 Å². The fourth-order valence-electron chi connectivity index (χ4n) is 2.29. The van der Waals surface area contributed by atoms with E-state index in [2.05, 4.69) is 29.1 Å². The van der Waals surface area contributed by atoms with Crippen molar-refractivity contribution in [2.24, 2.45) is 0 Å². The molecule has 2 aromatic heterocycles. The minimum absolute atomic E-state index is 0.221. The second-order valence-electron chi connectivity index (χ2n) is 5.05. The Morgan fingerprint density at radius 2 is 1.80 bits per heavy atom. The number of nitrogens with zero attached hydrogens (tertiary/aromatic N) is 4. The molecule has 0 unspecified atom stereocenters. The second-order valence-corrected chi connectivity index (χ2v) is 5.43. The van der Waals surface area contributed by atoms with Gasteiger partial charge in [-0.1, -0.05) is 41.9 Å². The summed E-state index contributed by atoms with van der Waals surface area (Å²) in [7, 11) is 0. The van der Waals surface area contributed by atoms with E-state index >= 15 is 0 Å². The van der Waals surface area contributed by atoms with E-state index in [1.165, 1.54) is 0 Å². The molecule has 0 radical (unpaired) electrons. The summed E-state index contributed by atoms with van der Waals surface area (Å²) in [5.41, 5.74) is 3.28. The molecule has 0 saturated heterocycles. The normalized spacial score (nSPS) is 11.4. The monoisotopic (exact) mass is 286 g/mol. The summed E-state index contributed by atoms with van der Waals surface area (Å²) in [4.78, 5) is 0. The van der Waals surface area contributed by atoms with Crippen molar-refractivity contribution in [3.8, 4) is 11.3 Å². The fraction of sp³-hybridized carbons (Fsp3) is 0.267. The van der Waals surface area contributed by atoms with Gasteiger partial charge < -0.3 is 0 Å². The maximum Gasteiger partial charge on any atom is 0.182 e. The molecule has 0 fully saturated rings. The molecule has 20 heavy (non-hydrogen) atoms. The summed E-state index contributed by atoms with van der Waals surface area (Å²) < 4.78 is 1.86. The molecule has 0 atom stereocenters. The van der Waals surface area contributed by atoms with Crippen molar-refractivity contribution in [2.75, 3.05) is 0 Å². The van der Waals surface area contributed by atoms with Gasteiger partial charge in [0.25, 0.3) is 0 Å². The molecule has 3 aromatic rings. The van der Waals surface area contributed by atoms with Crippen molar-refractivity contribution in [3.63, 3.8) is 0 Å². The van der Waals surface area contributed by atoms with Crippen LogP contribution in [0.5, 0.6) is 0 Å². The predicted octanol–water partition coefficient (Wildman–Crippen LogP) is 4.04. The molecule has 0 aliphatic rings. The van der Waals surface area contributed by atoms with Crippen LogP contribution in [-0.2, 0) is 0 Å². The van der Waals surface area contributed by atoms with Gasteiger partial charge in [-0.3, -0.25) is 0 Å². The van der Waals surface area contributed by atoms with Gasteiger partial charge in [0.1, 0.15) is 5.69 Å². The number of hydrogen-bond donors (Lipinski definition) is 0. The third-order valence-corrected chi connectivity index (χ3v) is 3.64. The standard InChI is InChI=1S/C15H15ClN4/c1-9(2)20-15-12(10(3)19-20)13(16)14(17-18-15)11-7-5-4-6-8-11/h4-9H,1-3H3. The van der Waals surface area contributed by atoms with Gasteiger partial charge in [0.05, 0.1) is 16.1 Å². The minimum atomic E-state index is 0.221.